The van der Waals surface area contributed by atoms with Crippen molar-refractivity contribution in [1.82, 2.24) is 14.9 Å². The second-order valence-corrected chi connectivity index (χ2v) is 8.43. The van der Waals surface area contributed by atoms with Crippen LogP contribution >= 0.6 is 0 Å². The molecule has 1 aliphatic heterocycles. The van der Waals surface area contributed by atoms with Crippen LogP contribution in [0.15, 0.2) is 54.2 Å². The van der Waals surface area contributed by atoms with Crippen LogP contribution in [0.2, 0.25) is 0 Å². The van der Waals surface area contributed by atoms with Gasteiger partial charge in [-0.25, -0.2) is 4.98 Å². The maximum absolute atomic E-state index is 12.7. The largest absolute Gasteiger partial charge is 0.497 e. The number of carbonyl (C=O) groups is 1. The van der Waals surface area contributed by atoms with E-state index in [2.05, 4.69) is 19.8 Å². The van der Waals surface area contributed by atoms with Gasteiger partial charge < -0.3 is 19.5 Å². The van der Waals surface area contributed by atoms with Crippen LogP contribution < -0.4 is 15.0 Å². The molecule has 4 rings (SSSR count). The Labute approximate surface area is 200 Å². The van der Waals surface area contributed by atoms with Crippen molar-refractivity contribution in [3.05, 3.63) is 76.7 Å². The molecule has 2 aromatic heterocycles. The number of aromatic nitrogens is 2. The Balaban J connectivity index is 1.46. The molecule has 1 saturated heterocycles. The molecule has 0 radical (unpaired) electrons. The number of pyridine rings is 1. The quantitative estimate of drug-likeness (QED) is 0.424. The highest BCUT2D eigenvalue weighted by molar-refractivity contribution is 6.01. The summed E-state index contributed by atoms with van der Waals surface area (Å²) < 4.78 is 7.33. The lowest BCUT2D eigenvalue weighted by molar-refractivity contribution is -0.117. The smallest absolute Gasteiger partial charge is 0.262 e. The monoisotopic (exact) mass is 455 g/mol. The zero-order valence-corrected chi connectivity index (χ0v) is 19.8. The lowest BCUT2D eigenvalue weighted by Gasteiger charge is -2.16. The molecule has 0 saturated carbocycles. The zero-order valence-electron chi connectivity index (χ0n) is 19.8. The molecular formula is C27H29N5O2. The third-order valence-electron chi connectivity index (χ3n) is 6.16. The summed E-state index contributed by atoms with van der Waals surface area (Å²) >= 11 is 0. The van der Waals surface area contributed by atoms with E-state index in [4.69, 9.17) is 4.74 Å². The minimum Gasteiger partial charge on any atom is -0.497 e. The van der Waals surface area contributed by atoms with Gasteiger partial charge in [0.15, 0.2) is 0 Å². The molecule has 1 aliphatic rings. The van der Waals surface area contributed by atoms with Crippen molar-refractivity contribution in [1.29, 1.82) is 5.26 Å². The number of anilines is 1. The van der Waals surface area contributed by atoms with Crippen molar-refractivity contribution in [3.63, 3.8) is 0 Å². The van der Waals surface area contributed by atoms with E-state index in [1.165, 1.54) is 12.8 Å². The number of hydrogen-bond acceptors (Lipinski definition) is 5. The Kier molecular flexibility index (Phi) is 6.98. The van der Waals surface area contributed by atoms with Crippen molar-refractivity contribution >= 4 is 17.8 Å². The molecule has 0 atom stereocenters. The lowest BCUT2D eigenvalue weighted by atomic mass is 10.1. The van der Waals surface area contributed by atoms with Crippen molar-refractivity contribution in [2.24, 2.45) is 0 Å². The third-order valence-corrected chi connectivity index (χ3v) is 6.16. The summed E-state index contributed by atoms with van der Waals surface area (Å²) in [5.41, 5.74) is 4.74. The molecule has 3 aromatic rings. The topological polar surface area (TPSA) is 83.2 Å². The van der Waals surface area contributed by atoms with Crippen LogP contribution in [0.25, 0.3) is 11.8 Å². The second-order valence-electron chi connectivity index (χ2n) is 8.43. The first kappa shape index (κ1) is 23.1. The number of aryl methyl sites for hydroxylation is 1. The molecule has 34 heavy (non-hydrogen) atoms. The SMILES string of the molecule is COc1ccc(-n2c(C)cc(/C=C(\C#N)C(=O)NCc3ccc(N4CCCC4)nc3)c2C)cc1. The van der Waals surface area contributed by atoms with E-state index in [-0.39, 0.29) is 5.57 Å². The Morgan fingerprint density at radius 2 is 1.91 bits per heavy atom. The van der Waals surface area contributed by atoms with Crippen LogP contribution in [0.3, 0.4) is 0 Å². The first-order valence-corrected chi connectivity index (χ1v) is 11.4. The van der Waals surface area contributed by atoms with E-state index in [1.807, 2.05) is 62.4 Å². The van der Waals surface area contributed by atoms with E-state index in [0.717, 1.165) is 52.9 Å². The minimum absolute atomic E-state index is 0.0663. The summed E-state index contributed by atoms with van der Waals surface area (Å²) in [4.78, 5) is 19.5. The van der Waals surface area contributed by atoms with E-state index in [0.29, 0.717) is 6.54 Å². The first-order valence-electron chi connectivity index (χ1n) is 11.4. The van der Waals surface area contributed by atoms with Gasteiger partial charge in [-0.3, -0.25) is 4.79 Å². The maximum atomic E-state index is 12.7. The number of nitrogens with zero attached hydrogens (tertiary/aromatic N) is 4. The maximum Gasteiger partial charge on any atom is 0.262 e. The molecule has 1 N–H and O–H groups in total. The predicted molar refractivity (Wildman–Crippen MR) is 133 cm³/mol. The Bertz CT molecular complexity index is 1230. The fourth-order valence-electron chi connectivity index (χ4n) is 4.30. The summed E-state index contributed by atoms with van der Waals surface area (Å²) in [6, 6.07) is 15.8. The predicted octanol–water partition coefficient (Wildman–Crippen LogP) is 4.32. The lowest BCUT2D eigenvalue weighted by Crippen LogP contribution is -2.24. The van der Waals surface area contributed by atoms with Crippen LogP contribution in [-0.4, -0.2) is 35.7 Å². The molecule has 3 heterocycles. The first-order chi connectivity index (χ1) is 16.5. The van der Waals surface area contributed by atoms with Gasteiger partial charge in [0.05, 0.1) is 7.11 Å². The van der Waals surface area contributed by atoms with Gasteiger partial charge in [-0.2, -0.15) is 5.26 Å². The van der Waals surface area contributed by atoms with E-state index in [9.17, 15) is 10.1 Å². The fraction of sp³-hybridized carbons (Fsp3) is 0.296. The molecule has 1 fully saturated rings. The van der Waals surface area contributed by atoms with Gasteiger partial charge in [0.1, 0.15) is 23.2 Å². The molecule has 7 heteroatoms. The minimum atomic E-state index is -0.402. The van der Waals surface area contributed by atoms with Gasteiger partial charge in [0.25, 0.3) is 5.91 Å². The number of carbonyl (C=O) groups excluding carboxylic acids is 1. The van der Waals surface area contributed by atoms with Gasteiger partial charge in [0, 0.05) is 42.9 Å². The number of ether oxygens (including phenoxy) is 1. The fourth-order valence-corrected chi connectivity index (χ4v) is 4.30. The molecular weight excluding hydrogens is 426 g/mol. The van der Waals surface area contributed by atoms with E-state index < -0.39 is 5.91 Å². The van der Waals surface area contributed by atoms with Gasteiger partial charge in [0.2, 0.25) is 0 Å². The van der Waals surface area contributed by atoms with Gasteiger partial charge >= 0.3 is 0 Å². The second kappa shape index (κ2) is 10.3. The van der Waals surface area contributed by atoms with Gasteiger partial charge in [-0.1, -0.05) is 6.07 Å². The standard InChI is InChI=1S/C27H29N5O2/c1-19-14-22(20(2)32(19)24-7-9-25(34-3)10-8-24)15-23(16-28)27(33)30-18-21-6-11-26(29-17-21)31-12-4-5-13-31/h6-11,14-15,17H,4-5,12-13,18H2,1-3H3,(H,30,33)/b23-15+. The molecule has 1 aromatic carbocycles. The van der Waals surface area contributed by atoms with E-state index >= 15 is 0 Å². The van der Waals surface area contributed by atoms with Crippen LogP contribution in [0.1, 0.15) is 35.4 Å². The Morgan fingerprint density at radius 1 is 1.18 bits per heavy atom. The number of nitrogens with one attached hydrogen (secondary N) is 1. The van der Waals surface area contributed by atoms with Crippen molar-refractivity contribution in [3.8, 4) is 17.5 Å². The average molecular weight is 456 g/mol. The summed E-state index contributed by atoms with van der Waals surface area (Å²) in [7, 11) is 1.64. The number of rotatable bonds is 7. The molecule has 174 valence electrons. The molecule has 0 aliphatic carbocycles. The van der Waals surface area contributed by atoms with Crippen LogP contribution in [0.5, 0.6) is 5.75 Å². The Hall–Kier alpha value is -4.05. The molecule has 1 amide bonds. The average Bonchev–Trinajstić information content (AvgIpc) is 3.49. The van der Waals surface area contributed by atoms with Gasteiger partial charge in [-0.05, 0) is 80.3 Å². The molecule has 0 bridgehead atoms. The van der Waals surface area contributed by atoms with Gasteiger partial charge in [-0.15, -0.1) is 0 Å². The zero-order chi connectivity index (χ0) is 24.1. The van der Waals surface area contributed by atoms with E-state index in [1.54, 1.807) is 19.4 Å². The molecule has 7 nitrogen and oxygen atoms in total. The molecule has 0 unspecified atom stereocenters. The Morgan fingerprint density at radius 3 is 2.53 bits per heavy atom. The normalized spacial score (nSPS) is 13.6. The van der Waals surface area contributed by atoms with Crippen LogP contribution in [0.4, 0.5) is 5.82 Å². The number of benzene rings is 1. The number of nitriles is 1. The third kappa shape index (κ3) is 4.96. The summed E-state index contributed by atoms with van der Waals surface area (Å²) in [6.07, 6.45) is 5.83. The highest BCUT2D eigenvalue weighted by atomic mass is 16.5. The summed E-state index contributed by atoms with van der Waals surface area (Å²) in [6.45, 7) is 6.37. The summed E-state index contributed by atoms with van der Waals surface area (Å²) in [5, 5.41) is 12.5. The number of methoxy groups -OCH3 is 1. The summed E-state index contributed by atoms with van der Waals surface area (Å²) in [5.74, 6) is 1.36. The molecule has 0 spiro atoms. The van der Waals surface area contributed by atoms with Crippen molar-refractivity contribution < 1.29 is 9.53 Å². The number of hydrogen-bond donors (Lipinski definition) is 1. The van der Waals surface area contributed by atoms with Crippen LogP contribution in [-0.2, 0) is 11.3 Å². The highest BCUT2D eigenvalue weighted by Crippen LogP contribution is 2.24. The van der Waals surface area contributed by atoms with Crippen molar-refractivity contribution in [2.45, 2.75) is 33.2 Å². The van der Waals surface area contributed by atoms with Crippen LogP contribution in [0, 0.1) is 25.2 Å². The number of amides is 1. The van der Waals surface area contributed by atoms with Crippen molar-refractivity contribution in [2.75, 3.05) is 25.1 Å². The highest BCUT2D eigenvalue weighted by Gasteiger charge is 2.15.